The molecule has 1 fully saturated rings. The molecule has 0 amide bonds. The van der Waals surface area contributed by atoms with Crippen molar-refractivity contribution in [1.29, 1.82) is 0 Å². The van der Waals surface area contributed by atoms with Gasteiger partial charge in [0, 0.05) is 45.3 Å². The van der Waals surface area contributed by atoms with Crippen LogP contribution in [0, 0.1) is 10.8 Å². The molecular formula is C42H38N4O4. The van der Waals surface area contributed by atoms with Gasteiger partial charge < -0.3 is 19.8 Å². The molecule has 1 saturated heterocycles. The zero-order chi connectivity index (χ0) is 34.8. The molecule has 4 aliphatic rings. The number of hydrogen-bond donors (Lipinski definition) is 3. The van der Waals surface area contributed by atoms with E-state index in [9.17, 15) is 14.7 Å². The molecule has 2 aromatic heterocycles. The summed E-state index contributed by atoms with van der Waals surface area (Å²) >= 11 is 0. The van der Waals surface area contributed by atoms with Gasteiger partial charge in [-0.3, -0.25) is 9.59 Å². The number of rotatable bonds is 5. The third-order valence-electron chi connectivity index (χ3n) is 10.4. The maximum Gasteiger partial charge on any atom is 0.307 e. The summed E-state index contributed by atoms with van der Waals surface area (Å²) in [6.45, 7) is 8.07. The number of hydrogen-bond acceptors (Lipinski definition) is 5. The number of ether oxygens (including phenoxy) is 1. The first-order valence-electron chi connectivity index (χ1n) is 16.9. The number of esters is 1. The lowest BCUT2D eigenvalue weighted by molar-refractivity contribution is -0.142. The van der Waals surface area contributed by atoms with E-state index in [1.807, 2.05) is 137 Å². The monoisotopic (exact) mass is 662 g/mol. The van der Waals surface area contributed by atoms with Crippen LogP contribution in [0.25, 0.3) is 11.1 Å². The molecule has 0 radical (unpaired) electrons. The zero-order valence-corrected chi connectivity index (χ0v) is 28.5. The largest absolute Gasteiger partial charge is 0.481 e. The molecule has 8 bridgehead atoms. The van der Waals surface area contributed by atoms with Gasteiger partial charge >= 0.3 is 11.9 Å². The second kappa shape index (κ2) is 11.4. The molecule has 50 heavy (non-hydrogen) atoms. The average molecular weight is 663 g/mol. The highest BCUT2D eigenvalue weighted by Gasteiger charge is 2.61. The van der Waals surface area contributed by atoms with Crippen molar-refractivity contribution in [2.75, 3.05) is 0 Å². The number of aliphatic imine (C=N–C) groups is 2. The van der Waals surface area contributed by atoms with Crippen LogP contribution in [-0.4, -0.2) is 44.0 Å². The van der Waals surface area contributed by atoms with Crippen molar-refractivity contribution in [3.63, 3.8) is 0 Å². The number of carboxylic acids is 1. The van der Waals surface area contributed by atoms with Crippen molar-refractivity contribution in [3.05, 3.63) is 155 Å². The van der Waals surface area contributed by atoms with Gasteiger partial charge in [0.1, 0.15) is 0 Å². The molecule has 0 aliphatic carbocycles. The van der Waals surface area contributed by atoms with Crippen LogP contribution in [0.1, 0.15) is 80.4 Å². The molecule has 0 saturated carbocycles. The van der Waals surface area contributed by atoms with E-state index in [-0.39, 0.29) is 24.7 Å². The predicted molar refractivity (Wildman–Crippen MR) is 195 cm³/mol. The third-order valence-corrected chi connectivity index (χ3v) is 10.4. The third kappa shape index (κ3) is 4.97. The SMILES string of the molecule is CC(C)(CC(=O)O)C1c2ccc([nH]2)/C(c2ccccc2)=C2/C=CC(=N2)C2(OC(=O)CC2(C)C)C2=N/C(=C(/c3ccccc3)c3ccc1[nH]3)C=C2. The van der Waals surface area contributed by atoms with Crippen molar-refractivity contribution in [2.24, 2.45) is 20.8 Å². The van der Waals surface area contributed by atoms with E-state index in [4.69, 9.17) is 14.7 Å². The van der Waals surface area contributed by atoms with Crippen molar-refractivity contribution in [1.82, 2.24) is 9.97 Å². The number of aromatic nitrogens is 2. The van der Waals surface area contributed by atoms with Gasteiger partial charge in [-0.2, -0.15) is 0 Å². The normalized spacial score (nSPS) is 25.2. The molecule has 4 aliphatic heterocycles. The molecule has 250 valence electrons. The topological polar surface area (TPSA) is 120 Å². The average Bonchev–Trinajstić information content (AvgIpc) is 3.91. The fraction of sp³-hybridized carbons (Fsp3) is 0.238. The van der Waals surface area contributed by atoms with Gasteiger partial charge in [0.15, 0.2) is 0 Å². The first-order chi connectivity index (χ1) is 24.0. The number of nitrogens with zero attached hydrogens (tertiary/aromatic N) is 2. The van der Waals surface area contributed by atoms with E-state index in [0.717, 1.165) is 56.4 Å². The molecular weight excluding hydrogens is 624 g/mol. The Morgan fingerprint density at radius 1 is 0.780 bits per heavy atom. The Bertz CT molecular complexity index is 2110. The highest BCUT2D eigenvalue weighted by molar-refractivity contribution is 6.27. The van der Waals surface area contributed by atoms with Gasteiger partial charge in [-0.25, -0.2) is 9.98 Å². The maximum absolute atomic E-state index is 13.2. The van der Waals surface area contributed by atoms with E-state index in [2.05, 4.69) is 9.97 Å². The van der Waals surface area contributed by atoms with Crippen molar-refractivity contribution < 1.29 is 19.4 Å². The van der Waals surface area contributed by atoms with Crippen molar-refractivity contribution in [3.8, 4) is 0 Å². The summed E-state index contributed by atoms with van der Waals surface area (Å²) in [6.07, 6.45) is 8.04. The lowest BCUT2D eigenvalue weighted by atomic mass is 9.69. The van der Waals surface area contributed by atoms with E-state index in [1.165, 1.54) is 0 Å². The number of fused-ring (bicyclic) bond motifs is 8. The number of carboxylic acid groups (broad SMARTS) is 1. The standard InChI is InChI=1S/C42H38N4O4/c1-40(2,23-35(47)48)39-31-17-15-27(43-31)37(25-11-7-5-8-12-25)29-19-21-33(45-29)42(41(3,4)24-36(49)50-42)34-22-20-30(46-34)38(26-13-9-6-10-14-26)28-16-18-32(39)44-28/h5-22,39,43-44H,23-24H2,1-4H3,(H,47,48)/b37-29-,38-30-. The first kappa shape index (κ1) is 31.5. The highest BCUT2D eigenvalue weighted by Crippen LogP contribution is 2.50. The number of H-pyrrole nitrogens is 2. The Morgan fingerprint density at radius 2 is 1.26 bits per heavy atom. The van der Waals surface area contributed by atoms with Crippen LogP contribution in [-0.2, 0) is 14.3 Å². The summed E-state index contributed by atoms with van der Waals surface area (Å²) in [5, 5.41) is 10.0. The molecule has 1 spiro atoms. The number of aromatic amines is 2. The Labute approximate surface area is 290 Å². The van der Waals surface area contributed by atoms with Crippen LogP contribution < -0.4 is 0 Å². The van der Waals surface area contributed by atoms with Gasteiger partial charge in [0.05, 0.1) is 35.7 Å². The molecule has 6 heterocycles. The predicted octanol–water partition coefficient (Wildman–Crippen LogP) is 8.24. The lowest BCUT2D eigenvalue weighted by Gasteiger charge is -2.37. The Kier molecular flexibility index (Phi) is 7.19. The summed E-state index contributed by atoms with van der Waals surface area (Å²) in [7, 11) is 0. The quantitative estimate of drug-likeness (QED) is 0.187. The Balaban J connectivity index is 1.46. The van der Waals surface area contributed by atoms with E-state index in [1.54, 1.807) is 0 Å². The van der Waals surface area contributed by atoms with Gasteiger partial charge in [-0.05, 0) is 65.1 Å². The van der Waals surface area contributed by atoms with E-state index < -0.39 is 22.4 Å². The van der Waals surface area contributed by atoms with Crippen LogP contribution in [0.2, 0.25) is 0 Å². The Morgan fingerprint density at radius 3 is 1.68 bits per heavy atom. The number of carbonyl (C=O) groups excluding carboxylic acids is 1. The van der Waals surface area contributed by atoms with Crippen LogP contribution in [0.5, 0.6) is 0 Å². The minimum absolute atomic E-state index is 0.0387. The van der Waals surface area contributed by atoms with Gasteiger partial charge in [-0.1, -0.05) is 88.4 Å². The van der Waals surface area contributed by atoms with Crippen LogP contribution in [0.15, 0.2) is 131 Å². The number of allylic oxidation sites excluding steroid dienone is 2. The van der Waals surface area contributed by atoms with Crippen molar-refractivity contribution in [2.45, 2.75) is 52.1 Å². The fourth-order valence-corrected chi connectivity index (χ4v) is 8.20. The van der Waals surface area contributed by atoms with Crippen LogP contribution >= 0.6 is 0 Å². The van der Waals surface area contributed by atoms with Crippen LogP contribution in [0.3, 0.4) is 0 Å². The molecule has 8 rings (SSSR count). The summed E-state index contributed by atoms with van der Waals surface area (Å²) in [6, 6.07) is 28.3. The molecule has 0 unspecified atom stereocenters. The maximum atomic E-state index is 13.2. The van der Waals surface area contributed by atoms with Gasteiger partial charge in [0.2, 0.25) is 5.60 Å². The summed E-state index contributed by atoms with van der Waals surface area (Å²) in [4.78, 5) is 43.4. The number of aliphatic carboxylic acids is 1. The molecule has 8 nitrogen and oxygen atoms in total. The molecule has 8 heteroatoms. The smallest absolute Gasteiger partial charge is 0.307 e. The highest BCUT2D eigenvalue weighted by atomic mass is 16.6. The first-order valence-corrected chi connectivity index (χ1v) is 16.9. The minimum atomic E-state index is -1.23. The number of nitrogens with one attached hydrogen (secondary N) is 2. The second-order valence-corrected chi connectivity index (χ2v) is 14.8. The number of carbonyl (C=O) groups is 2. The van der Waals surface area contributed by atoms with Crippen molar-refractivity contribution >= 4 is 34.5 Å². The lowest BCUT2D eigenvalue weighted by Crippen LogP contribution is -2.54. The summed E-state index contributed by atoms with van der Waals surface area (Å²) in [5.74, 6) is -1.48. The molecule has 2 aromatic carbocycles. The Hall–Kier alpha value is -5.76. The van der Waals surface area contributed by atoms with Gasteiger partial charge in [0.25, 0.3) is 0 Å². The van der Waals surface area contributed by atoms with E-state index >= 15 is 0 Å². The number of benzene rings is 2. The minimum Gasteiger partial charge on any atom is -0.481 e. The summed E-state index contributed by atoms with van der Waals surface area (Å²) < 4.78 is 6.38. The zero-order valence-electron chi connectivity index (χ0n) is 28.5. The fourth-order valence-electron chi connectivity index (χ4n) is 8.20. The van der Waals surface area contributed by atoms with E-state index in [0.29, 0.717) is 11.4 Å². The van der Waals surface area contributed by atoms with Gasteiger partial charge in [-0.15, -0.1) is 0 Å². The summed E-state index contributed by atoms with van der Waals surface area (Å²) in [5.41, 5.74) is 7.23. The molecule has 4 aromatic rings. The van der Waals surface area contributed by atoms with Crippen LogP contribution in [0.4, 0.5) is 0 Å². The molecule has 0 atom stereocenters. The second-order valence-electron chi connectivity index (χ2n) is 14.8. The molecule has 3 N–H and O–H groups in total.